The standard InChI is InChI=1S/C10H11ClO2/c11-8-1-2-9(12)7(5-8)6-10(13)3-4-10/h1-2,5,12-13H,3-4,6H2. The van der Waals surface area contributed by atoms with Gasteiger partial charge in [0.15, 0.2) is 0 Å². The van der Waals surface area contributed by atoms with Crippen molar-refractivity contribution in [3.63, 3.8) is 0 Å². The Kier molecular flexibility index (Phi) is 1.97. The van der Waals surface area contributed by atoms with Crippen LogP contribution in [0.3, 0.4) is 0 Å². The summed E-state index contributed by atoms with van der Waals surface area (Å²) in [7, 11) is 0. The van der Waals surface area contributed by atoms with E-state index < -0.39 is 5.60 Å². The molecule has 0 saturated heterocycles. The largest absolute Gasteiger partial charge is 0.508 e. The molecule has 3 heteroatoms. The minimum Gasteiger partial charge on any atom is -0.508 e. The monoisotopic (exact) mass is 198 g/mol. The second-order valence-electron chi connectivity index (χ2n) is 3.67. The molecule has 1 aromatic carbocycles. The summed E-state index contributed by atoms with van der Waals surface area (Å²) in [5, 5.41) is 19.7. The molecule has 0 amide bonds. The van der Waals surface area contributed by atoms with Crippen LogP contribution in [0.5, 0.6) is 5.75 Å². The number of halogens is 1. The highest BCUT2D eigenvalue weighted by Gasteiger charge is 2.40. The fourth-order valence-corrected chi connectivity index (χ4v) is 1.57. The van der Waals surface area contributed by atoms with Gasteiger partial charge in [-0.25, -0.2) is 0 Å². The lowest BCUT2D eigenvalue weighted by Crippen LogP contribution is -2.10. The number of hydrogen-bond acceptors (Lipinski definition) is 2. The van der Waals surface area contributed by atoms with Crippen molar-refractivity contribution in [3.05, 3.63) is 28.8 Å². The third-order valence-electron chi connectivity index (χ3n) is 2.39. The number of phenolic OH excluding ortho intramolecular Hbond substituents is 1. The van der Waals surface area contributed by atoms with Gasteiger partial charge in [-0.1, -0.05) is 11.6 Å². The zero-order valence-electron chi connectivity index (χ0n) is 7.13. The molecule has 0 bridgehead atoms. The average molecular weight is 199 g/mol. The van der Waals surface area contributed by atoms with Crippen molar-refractivity contribution in [2.45, 2.75) is 24.9 Å². The van der Waals surface area contributed by atoms with Crippen molar-refractivity contribution in [1.82, 2.24) is 0 Å². The number of aliphatic hydroxyl groups is 1. The summed E-state index contributed by atoms with van der Waals surface area (Å²) in [5.74, 6) is 0.213. The molecule has 0 atom stereocenters. The molecule has 0 aromatic heterocycles. The van der Waals surface area contributed by atoms with E-state index in [-0.39, 0.29) is 5.75 Å². The molecule has 1 aromatic rings. The average Bonchev–Trinajstić information content (AvgIpc) is 2.76. The lowest BCUT2D eigenvalue weighted by Gasteiger charge is -2.09. The number of hydrogen-bond donors (Lipinski definition) is 2. The Hall–Kier alpha value is -0.730. The normalized spacial score (nSPS) is 18.6. The van der Waals surface area contributed by atoms with Crippen LogP contribution >= 0.6 is 11.6 Å². The van der Waals surface area contributed by atoms with Crippen molar-refractivity contribution < 1.29 is 10.2 Å². The molecule has 13 heavy (non-hydrogen) atoms. The molecule has 2 rings (SSSR count). The molecule has 1 saturated carbocycles. The Morgan fingerprint density at radius 3 is 2.69 bits per heavy atom. The van der Waals surface area contributed by atoms with Crippen molar-refractivity contribution in [2.24, 2.45) is 0 Å². The molecule has 2 N–H and O–H groups in total. The van der Waals surface area contributed by atoms with Crippen LogP contribution in [-0.2, 0) is 6.42 Å². The van der Waals surface area contributed by atoms with Gasteiger partial charge in [0.25, 0.3) is 0 Å². The van der Waals surface area contributed by atoms with Crippen LogP contribution in [-0.4, -0.2) is 15.8 Å². The first-order valence-electron chi connectivity index (χ1n) is 4.29. The Bertz CT molecular complexity index is 332. The minimum atomic E-state index is -0.581. The molecule has 70 valence electrons. The van der Waals surface area contributed by atoms with Gasteiger partial charge in [0, 0.05) is 11.4 Å². The first-order valence-corrected chi connectivity index (χ1v) is 4.67. The quantitative estimate of drug-likeness (QED) is 0.764. The Labute approximate surface area is 81.8 Å². The van der Waals surface area contributed by atoms with Crippen molar-refractivity contribution in [3.8, 4) is 5.75 Å². The maximum absolute atomic E-state index is 9.64. The van der Waals surface area contributed by atoms with E-state index in [1.54, 1.807) is 18.2 Å². The first kappa shape index (κ1) is 8.85. The van der Waals surface area contributed by atoms with Gasteiger partial charge in [-0.05, 0) is 36.6 Å². The van der Waals surface area contributed by atoms with Gasteiger partial charge >= 0.3 is 0 Å². The summed E-state index contributed by atoms with van der Waals surface area (Å²) in [5.41, 5.74) is 0.148. The number of aromatic hydroxyl groups is 1. The van der Waals surface area contributed by atoms with E-state index in [0.717, 1.165) is 18.4 Å². The Morgan fingerprint density at radius 2 is 2.08 bits per heavy atom. The lowest BCUT2D eigenvalue weighted by atomic mass is 10.1. The maximum atomic E-state index is 9.64. The summed E-state index contributed by atoms with van der Waals surface area (Å²) in [4.78, 5) is 0. The Balaban J connectivity index is 2.23. The van der Waals surface area contributed by atoms with Gasteiger partial charge < -0.3 is 10.2 Å². The molecule has 2 nitrogen and oxygen atoms in total. The van der Waals surface area contributed by atoms with Gasteiger partial charge in [0.2, 0.25) is 0 Å². The van der Waals surface area contributed by atoms with Crippen LogP contribution in [0.25, 0.3) is 0 Å². The predicted octanol–water partition coefficient (Wildman–Crippen LogP) is 2.11. The van der Waals surface area contributed by atoms with Crippen LogP contribution in [0.1, 0.15) is 18.4 Å². The summed E-state index contributed by atoms with van der Waals surface area (Å²) >= 11 is 5.77. The SMILES string of the molecule is Oc1ccc(Cl)cc1CC1(O)CC1. The highest BCUT2D eigenvalue weighted by atomic mass is 35.5. The van der Waals surface area contributed by atoms with Gasteiger partial charge in [0.1, 0.15) is 5.75 Å². The van der Waals surface area contributed by atoms with E-state index in [4.69, 9.17) is 11.6 Å². The van der Waals surface area contributed by atoms with Gasteiger partial charge in [-0.15, -0.1) is 0 Å². The van der Waals surface area contributed by atoms with Crippen molar-refractivity contribution in [1.29, 1.82) is 0 Å². The van der Waals surface area contributed by atoms with Crippen LogP contribution < -0.4 is 0 Å². The third-order valence-corrected chi connectivity index (χ3v) is 2.62. The van der Waals surface area contributed by atoms with Gasteiger partial charge in [-0.2, -0.15) is 0 Å². The minimum absolute atomic E-state index is 0.213. The number of phenols is 1. The fraction of sp³-hybridized carbons (Fsp3) is 0.400. The molecule has 0 unspecified atom stereocenters. The summed E-state index contributed by atoms with van der Waals surface area (Å²) < 4.78 is 0. The molecular weight excluding hydrogens is 188 g/mol. The highest BCUT2D eigenvalue weighted by molar-refractivity contribution is 6.30. The van der Waals surface area contributed by atoms with E-state index in [1.165, 1.54) is 0 Å². The zero-order chi connectivity index (χ0) is 9.47. The van der Waals surface area contributed by atoms with E-state index in [1.807, 2.05) is 0 Å². The molecule has 1 fully saturated rings. The van der Waals surface area contributed by atoms with E-state index in [0.29, 0.717) is 11.4 Å². The molecule has 0 aliphatic heterocycles. The van der Waals surface area contributed by atoms with Gasteiger partial charge in [-0.3, -0.25) is 0 Å². The summed E-state index contributed by atoms with van der Waals surface area (Å²) in [6.07, 6.45) is 2.14. The Morgan fingerprint density at radius 1 is 1.38 bits per heavy atom. The topological polar surface area (TPSA) is 40.5 Å². The maximum Gasteiger partial charge on any atom is 0.118 e. The smallest absolute Gasteiger partial charge is 0.118 e. The van der Waals surface area contributed by atoms with Crippen molar-refractivity contribution in [2.75, 3.05) is 0 Å². The number of rotatable bonds is 2. The zero-order valence-corrected chi connectivity index (χ0v) is 7.88. The van der Waals surface area contributed by atoms with Crippen LogP contribution in [0.2, 0.25) is 5.02 Å². The molecule has 1 aliphatic rings. The van der Waals surface area contributed by atoms with E-state index in [9.17, 15) is 10.2 Å². The van der Waals surface area contributed by atoms with Crippen LogP contribution in [0.4, 0.5) is 0 Å². The second-order valence-corrected chi connectivity index (χ2v) is 4.11. The van der Waals surface area contributed by atoms with Crippen molar-refractivity contribution >= 4 is 11.6 Å². The molecule has 0 heterocycles. The third kappa shape index (κ3) is 1.95. The molecule has 1 aliphatic carbocycles. The van der Waals surface area contributed by atoms with Gasteiger partial charge in [0.05, 0.1) is 5.60 Å². The molecular formula is C10H11ClO2. The number of benzene rings is 1. The van der Waals surface area contributed by atoms with E-state index in [2.05, 4.69) is 0 Å². The molecule has 0 radical (unpaired) electrons. The fourth-order valence-electron chi connectivity index (χ4n) is 1.37. The van der Waals surface area contributed by atoms with Crippen LogP contribution in [0, 0.1) is 0 Å². The van der Waals surface area contributed by atoms with E-state index >= 15 is 0 Å². The highest BCUT2D eigenvalue weighted by Crippen LogP contribution is 2.40. The second kappa shape index (κ2) is 2.89. The van der Waals surface area contributed by atoms with Crippen LogP contribution in [0.15, 0.2) is 18.2 Å². The predicted molar refractivity (Wildman–Crippen MR) is 51.0 cm³/mol. The first-order chi connectivity index (χ1) is 6.09. The summed E-state index contributed by atoms with van der Waals surface area (Å²) in [6.45, 7) is 0. The lowest BCUT2D eigenvalue weighted by molar-refractivity contribution is 0.150. The summed E-state index contributed by atoms with van der Waals surface area (Å²) in [6, 6.07) is 4.90. The molecule has 0 spiro atoms.